The molecule has 0 radical (unpaired) electrons. The van der Waals surface area contributed by atoms with Crippen LogP contribution in [0.15, 0.2) is 0 Å². The van der Waals surface area contributed by atoms with Gasteiger partial charge in [0.25, 0.3) is 20.2 Å². The zero-order valence-corrected chi connectivity index (χ0v) is 10.7. The van der Waals surface area contributed by atoms with Gasteiger partial charge in [-0.2, -0.15) is 16.8 Å². The fraction of sp³-hybridized carbons (Fsp3) is 0.857. The van der Waals surface area contributed by atoms with E-state index in [1.165, 1.54) is 6.92 Å². The summed E-state index contributed by atoms with van der Waals surface area (Å²) in [5, 5.41) is -1.61. The molecule has 17 heavy (non-hydrogen) atoms. The zero-order valence-electron chi connectivity index (χ0n) is 9.07. The molecule has 0 saturated heterocycles. The summed E-state index contributed by atoms with van der Waals surface area (Å²) in [6.07, 6.45) is -1.25. The van der Waals surface area contributed by atoms with Crippen LogP contribution in [-0.4, -0.2) is 49.5 Å². The minimum atomic E-state index is -4.58. The molecule has 0 amide bonds. The molecule has 0 aromatic carbocycles. The molecule has 0 aliphatic heterocycles. The number of ether oxygens (including phenoxy) is 1. The van der Waals surface area contributed by atoms with Crippen molar-refractivity contribution in [2.45, 2.75) is 25.0 Å². The number of hydrogen-bond donors (Lipinski definition) is 2. The second kappa shape index (κ2) is 6.28. The average molecular weight is 290 g/mol. The van der Waals surface area contributed by atoms with Crippen LogP contribution in [0.3, 0.4) is 0 Å². The molecule has 0 aliphatic rings. The van der Waals surface area contributed by atoms with Crippen LogP contribution in [-0.2, 0) is 29.8 Å². The fourth-order valence-electron chi connectivity index (χ4n) is 1.04. The van der Waals surface area contributed by atoms with Gasteiger partial charge in [0.2, 0.25) is 0 Å². The molecule has 0 aromatic rings. The first-order chi connectivity index (χ1) is 7.56. The second-order valence-corrected chi connectivity index (χ2v) is 6.49. The largest absolute Gasteiger partial charge is 0.466 e. The highest BCUT2D eigenvalue weighted by Crippen LogP contribution is 2.11. The Morgan fingerprint density at radius 1 is 1.24 bits per heavy atom. The van der Waals surface area contributed by atoms with E-state index in [0.717, 1.165) is 0 Å². The van der Waals surface area contributed by atoms with E-state index in [9.17, 15) is 21.6 Å². The molecule has 8 nitrogen and oxygen atoms in total. The first-order valence-electron chi connectivity index (χ1n) is 4.63. The lowest BCUT2D eigenvalue weighted by atomic mass is 10.2. The molecule has 0 spiro atoms. The summed E-state index contributed by atoms with van der Waals surface area (Å²) in [5.41, 5.74) is 0. The Balaban J connectivity index is 4.63. The van der Waals surface area contributed by atoms with E-state index in [1.807, 2.05) is 0 Å². The van der Waals surface area contributed by atoms with Gasteiger partial charge in [-0.15, -0.1) is 0 Å². The number of esters is 1. The predicted molar refractivity (Wildman–Crippen MR) is 57.6 cm³/mol. The van der Waals surface area contributed by atoms with Crippen LogP contribution in [0.25, 0.3) is 0 Å². The van der Waals surface area contributed by atoms with Crippen molar-refractivity contribution in [2.24, 2.45) is 0 Å². The van der Waals surface area contributed by atoms with Crippen molar-refractivity contribution < 1.29 is 35.5 Å². The van der Waals surface area contributed by atoms with Crippen molar-refractivity contribution in [2.75, 3.05) is 12.4 Å². The van der Waals surface area contributed by atoms with E-state index in [4.69, 9.17) is 9.11 Å². The Morgan fingerprint density at radius 3 is 2.12 bits per heavy atom. The molecule has 10 heteroatoms. The third-order valence-corrected chi connectivity index (χ3v) is 3.82. The number of carbonyl (C=O) groups excluding carboxylic acids is 1. The SMILES string of the molecule is CCOC(=O)CC(CCS(=O)(=O)O)S(=O)(=O)O. The van der Waals surface area contributed by atoms with E-state index in [0.29, 0.717) is 0 Å². The lowest BCUT2D eigenvalue weighted by molar-refractivity contribution is -0.143. The van der Waals surface area contributed by atoms with Crippen molar-refractivity contribution in [1.29, 1.82) is 0 Å². The van der Waals surface area contributed by atoms with Crippen LogP contribution < -0.4 is 0 Å². The molecule has 2 N–H and O–H groups in total. The van der Waals surface area contributed by atoms with Crippen LogP contribution in [0.1, 0.15) is 19.8 Å². The van der Waals surface area contributed by atoms with Gasteiger partial charge in [-0.25, -0.2) is 0 Å². The minimum absolute atomic E-state index is 0.0370. The molecule has 1 unspecified atom stereocenters. The molecule has 0 fully saturated rings. The molecular weight excluding hydrogens is 276 g/mol. The van der Waals surface area contributed by atoms with Crippen molar-refractivity contribution in [1.82, 2.24) is 0 Å². The molecule has 0 aromatic heterocycles. The van der Waals surface area contributed by atoms with Gasteiger partial charge in [-0.1, -0.05) is 0 Å². The maximum absolute atomic E-state index is 11.0. The molecule has 102 valence electrons. The smallest absolute Gasteiger partial charge is 0.307 e. The first-order valence-corrected chi connectivity index (χ1v) is 7.74. The van der Waals surface area contributed by atoms with E-state index in [2.05, 4.69) is 4.74 Å². The zero-order chi connectivity index (χ0) is 13.7. The molecule has 0 bridgehead atoms. The summed E-state index contributed by atoms with van der Waals surface area (Å²) in [7, 11) is -8.93. The highest BCUT2D eigenvalue weighted by Gasteiger charge is 2.28. The summed E-state index contributed by atoms with van der Waals surface area (Å²) >= 11 is 0. The lowest BCUT2D eigenvalue weighted by Gasteiger charge is -2.11. The second-order valence-electron chi connectivity index (χ2n) is 3.22. The van der Waals surface area contributed by atoms with E-state index < -0.39 is 50.0 Å². The Hall–Kier alpha value is -0.710. The van der Waals surface area contributed by atoms with Gasteiger partial charge in [0, 0.05) is 0 Å². The maximum atomic E-state index is 11.0. The third kappa shape index (κ3) is 8.07. The molecule has 0 rings (SSSR count). The van der Waals surface area contributed by atoms with Gasteiger partial charge in [0.15, 0.2) is 0 Å². The van der Waals surface area contributed by atoms with Crippen molar-refractivity contribution in [3.8, 4) is 0 Å². The van der Waals surface area contributed by atoms with E-state index in [-0.39, 0.29) is 6.61 Å². The van der Waals surface area contributed by atoms with E-state index >= 15 is 0 Å². The predicted octanol–water partition coefficient (Wildman–Crippen LogP) is -0.526. The topological polar surface area (TPSA) is 135 Å². The standard InChI is InChI=1S/C7H14O8S2/c1-2-15-7(8)5-6(17(12,13)14)3-4-16(9,10)11/h6H,2-5H2,1H3,(H,9,10,11)(H,12,13,14). The van der Waals surface area contributed by atoms with Gasteiger partial charge in [-0.3, -0.25) is 13.9 Å². The van der Waals surface area contributed by atoms with Crippen LogP contribution >= 0.6 is 0 Å². The van der Waals surface area contributed by atoms with Crippen molar-refractivity contribution in [3.05, 3.63) is 0 Å². The number of hydrogen-bond acceptors (Lipinski definition) is 6. The average Bonchev–Trinajstić information content (AvgIpc) is 2.09. The minimum Gasteiger partial charge on any atom is -0.466 e. The number of rotatable bonds is 7. The maximum Gasteiger partial charge on any atom is 0.307 e. The van der Waals surface area contributed by atoms with Crippen molar-refractivity contribution >= 4 is 26.2 Å². The highest BCUT2D eigenvalue weighted by atomic mass is 32.2. The monoisotopic (exact) mass is 290 g/mol. The summed E-state index contributed by atoms with van der Waals surface area (Å²) < 4.78 is 64.3. The summed E-state index contributed by atoms with van der Waals surface area (Å²) in [6.45, 7) is 1.55. The lowest BCUT2D eigenvalue weighted by Crippen LogP contribution is -2.27. The quantitative estimate of drug-likeness (QED) is 0.472. The Morgan fingerprint density at radius 2 is 1.76 bits per heavy atom. The Bertz CT molecular complexity index is 448. The fourth-order valence-corrected chi connectivity index (χ4v) is 2.54. The normalized spacial score (nSPS) is 14.3. The van der Waals surface area contributed by atoms with Crippen LogP contribution in [0.5, 0.6) is 0 Å². The van der Waals surface area contributed by atoms with Crippen LogP contribution in [0.4, 0.5) is 0 Å². The molecular formula is C7H14O8S2. The van der Waals surface area contributed by atoms with Crippen LogP contribution in [0.2, 0.25) is 0 Å². The first kappa shape index (κ1) is 16.3. The molecule has 1 atom stereocenters. The Kier molecular flexibility index (Phi) is 6.02. The van der Waals surface area contributed by atoms with Crippen LogP contribution in [0, 0.1) is 0 Å². The Labute approximate surface area is 99.5 Å². The highest BCUT2D eigenvalue weighted by molar-refractivity contribution is 7.87. The third-order valence-electron chi connectivity index (χ3n) is 1.82. The molecule has 0 saturated carbocycles. The summed E-state index contributed by atoms with van der Waals surface area (Å²) in [6, 6.07) is 0. The van der Waals surface area contributed by atoms with Crippen molar-refractivity contribution in [3.63, 3.8) is 0 Å². The number of carbonyl (C=O) groups is 1. The van der Waals surface area contributed by atoms with Gasteiger partial charge in [0.05, 0.1) is 24.0 Å². The summed E-state index contributed by atoms with van der Waals surface area (Å²) in [5.74, 6) is -1.73. The van der Waals surface area contributed by atoms with Gasteiger partial charge in [-0.05, 0) is 13.3 Å². The molecule has 0 heterocycles. The van der Waals surface area contributed by atoms with Gasteiger partial charge < -0.3 is 4.74 Å². The van der Waals surface area contributed by atoms with E-state index in [1.54, 1.807) is 0 Å². The summed E-state index contributed by atoms with van der Waals surface area (Å²) in [4.78, 5) is 11.0. The van der Waals surface area contributed by atoms with Gasteiger partial charge in [0.1, 0.15) is 0 Å². The van der Waals surface area contributed by atoms with Gasteiger partial charge >= 0.3 is 5.97 Å². The molecule has 0 aliphatic carbocycles.